The third-order valence-electron chi connectivity index (χ3n) is 0.512. The van der Waals surface area contributed by atoms with E-state index < -0.39 is 0 Å². The molecular formula is C8H14O2. The third kappa shape index (κ3) is 26.9. The van der Waals surface area contributed by atoms with E-state index >= 15 is 0 Å². The molecule has 58 valence electrons. The molecule has 0 N–H and O–H groups in total. The van der Waals surface area contributed by atoms with Crippen molar-refractivity contribution >= 4 is 0 Å². The van der Waals surface area contributed by atoms with Gasteiger partial charge < -0.3 is 9.47 Å². The van der Waals surface area contributed by atoms with Crippen LogP contribution in [0.2, 0.25) is 0 Å². The second-order valence-corrected chi connectivity index (χ2v) is 1.38. The molecule has 2 heteroatoms. The second kappa shape index (κ2) is 15.7. The molecule has 0 spiro atoms. The molecule has 0 bridgehead atoms. The van der Waals surface area contributed by atoms with Crippen LogP contribution in [0.25, 0.3) is 0 Å². The number of hydrogen-bond acceptors (Lipinski definition) is 2. The lowest BCUT2D eigenvalue weighted by molar-refractivity contribution is 0.234. The van der Waals surface area contributed by atoms with Crippen LogP contribution >= 0.6 is 0 Å². The minimum absolute atomic E-state index is 0.417. The van der Waals surface area contributed by atoms with E-state index in [1.807, 2.05) is 0 Å². The van der Waals surface area contributed by atoms with Crippen LogP contribution in [0.3, 0.4) is 0 Å². The van der Waals surface area contributed by atoms with Gasteiger partial charge in [0.1, 0.15) is 6.61 Å². The molecule has 2 nitrogen and oxygen atoms in total. The zero-order valence-electron chi connectivity index (χ0n) is 6.59. The Hall–Kier alpha value is -0.780. The molecule has 0 radical (unpaired) electrons. The predicted octanol–water partition coefficient (Wildman–Crippen LogP) is 1.08. The molecule has 0 aliphatic heterocycles. The van der Waals surface area contributed by atoms with Gasteiger partial charge in [-0.3, -0.25) is 0 Å². The van der Waals surface area contributed by atoms with E-state index in [2.05, 4.69) is 22.0 Å². The Morgan fingerprint density at radius 2 is 2.10 bits per heavy atom. The Kier molecular flexibility index (Phi) is 18.8. The molecule has 0 fully saturated rings. The fourth-order valence-electron chi connectivity index (χ4n) is 0.201. The number of hydrogen-bond donors (Lipinski definition) is 0. The predicted molar refractivity (Wildman–Crippen MR) is 42.8 cm³/mol. The Morgan fingerprint density at radius 3 is 2.10 bits per heavy atom. The van der Waals surface area contributed by atoms with Crippen molar-refractivity contribution in [2.24, 2.45) is 0 Å². The summed E-state index contributed by atoms with van der Waals surface area (Å²) < 4.78 is 9.03. The van der Waals surface area contributed by atoms with Crippen LogP contribution in [0.4, 0.5) is 0 Å². The van der Waals surface area contributed by atoms with E-state index in [1.54, 1.807) is 20.3 Å². The highest BCUT2D eigenvalue weighted by Crippen LogP contribution is 1.60. The molecule has 0 unspecified atom stereocenters. The SMILES string of the molecule is C#CCOC.C=CCOC. The van der Waals surface area contributed by atoms with E-state index in [-0.39, 0.29) is 0 Å². The lowest BCUT2D eigenvalue weighted by Gasteiger charge is -1.79. The molecule has 10 heavy (non-hydrogen) atoms. The first-order valence-electron chi connectivity index (χ1n) is 2.85. The highest BCUT2D eigenvalue weighted by molar-refractivity contribution is 4.82. The molecule has 0 saturated heterocycles. The van der Waals surface area contributed by atoms with Crippen molar-refractivity contribution in [1.29, 1.82) is 0 Å². The van der Waals surface area contributed by atoms with Crippen molar-refractivity contribution in [2.75, 3.05) is 27.4 Å². The van der Waals surface area contributed by atoms with Crippen LogP contribution in [0, 0.1) is 12.3 Å². The zero-order chi connectivity index (χ0) is 8.24. The topological polar surface area (TPSA) is 18.5 Å². The minimum atomic E-state index is 0.417. The fourth-order valence-corrected chi connectivity index (χ4v) is 0.201. The largest absolute Gasteiger partial charge is 0.381 e. The summed E-state index contributed by atoms with van der Waals surface area (Å²) in [5.41, 5.74) is 0. The Balaban J connectivity index is 0. The van der Waals surface area contributed by atoms with E-state index in [1.165, 1.54) is 0 Å². The summed E-state index contributed by atoms with van der Waals surface area (Å²) in [5, 5.41) is 0. The molecule has 0 aromatic rings. The summed E-state index contributed by atoms with van der Waals surface area (Å²) in [6, 6.07) is 0. The molecule has 0 aromatic carbocycles. The van der Waals surface area contributed by atoms with Gasteiger partial charge in [-0.25, -0.2) is 0 Å². The standard InChI is InChI=1S/C4H8O.C4H6O/c2*1-3-4-5-2/h3H,1,4H2,2H3;1H,4H2,2H3. The monoisotopic (exact) mass is 142 g/mol. The summed E-state index contributed by atoms with van der Waals surface area (Å²) in [4.78, 5) is 0. The molecule has 0 amide bonds. The molecule has 0 heterocycles. The lowest BCUT2D eigenvalue weighted by Crippen LogP contribution is -1.77. The van der Waals surface area contributed by atoms with Crippen molar-refractivity contribution in [3.05, 3.63) is 12.7 Å². The maximum absolute atomic E-state index is 4.76. The first-order chi connectivity index (χ1) is 4.83. The van der Waals surface area contributed by atoms with Crippen molar-refractivity contribution in [1.82, 2.24) is 0 Å². The maximum Gasteiger partial charge on any atom is 0.107 e. The van der Waals surface area contributed by atoms with Gasteiger partial charge in [0.05, 0.1) is 6.61 Å². The summed E-state index contributed by atoms with van der Waals surface area (Å²) in [6.07, 6.45) is 6.47. The van der Waals surface area contributed by atoms with E-state index in [0.717, 1.165) is 0 Å². The van der Waals surface area contributed by atoms with Crippen LogP contribution in [-0.2, 0) is 9.47 Å². The first-order valence-corrected chi connectivity index (χ1v) is 2.85. The second-order valence-electron chi connectivity index (χ2n) is 1.38. The summed E-state index contributed by atoms with van der Waals surface area (Å²) in [6.45, 7) is 4.49. The van der Waals surface area contributed by atoms with Crippen LogP contribution in [-0.4, -0.2) is 27.4 Å². The Bertz CT molecular complexity index is 91.9. The molecule has 0 saturated carbocycles. The highest BCUT2D eigenvalue weighted by Gasteiger charge is 1.58. The van der Waals surface area contributed by atoms with Crippen molar-refractivity contribution < 1.29 is 9.47 Å². The minimum Gasteiger partial charge on any atom is -0.381 e. The third-order valence-corrected chi connectivity index (χ3v) is 0.512. The van der Waals surface area contributed by atoms with Gasteiger partial charge in [0, 0.05) is 14.2 Å². The average molecular weight is 142 g/mol. The lowest BCUT2D eigenvalue weighted by atomic mass is 10.7. The maximum atomic E-state index is 4.76. The summed E-state index contributed by atoms with van der Waals surface area (Å²) in [7, 11) is 3.21. The quantitative estimate of drug-likeness (QED) is 0.433. The van der Waals surface area contributed by atoms with Gasteiger partial charge in [-0.05, 0) is 0 Å². The average Bonchev–Trinajstić information content (AvgIpc) is 1.93. The van der Waals surface area contributed by atoms with Crippen LogP contribution in [0.15, 0.2) is 12.7 Å². The molecule has 0 aliphatic carbocycles. The Morgan fingerprint density at radius 1 is 1.50 bits per heavy atom. The molecule has 0 aromatic heterocycles. The molecule has 0 aliphatic rings. The van der Waals surface area contributed by atoms with Crippen LogP contribution < -0.4 is 0 Å². The molecule has 0 atom stereocenters. The van der Waals surface area contributed by atoms with Crippen LogP contribution in [0.1, 0.15) is 0 Å². The number of terminal acetylenes is 1. The first kappa shape index (κ1) is 12.0. The van der Waals surface area contributed by atoms with Gasteiger partial charge in [0.2, 0.25) is 0 Å². The number of methoxy groups -OCH3 is 2. The number of ether oxygens (including phenoxy) is 2. The van der Waals surface area contributed by atoms with Gasteiger partial charge in [-0.1, -0.05) is 12.0 Å². The fraction of sp³-hybridized carbons (Fsp3) is 0.500. The van der Waals surface area contributed by atoms with E-state index in [9.17, 15) is 0 Å². The Labute approximate surface area is 62.8 Å². The van der Waals surface area contributed by atoms with Crippen molar-refractivity contribution in [2.45, 2.75) is 0 Å². The van der Waals surface area contributed by atoms with Gasteiger partial charge >= 0.3 is 0 Å². The van der Waals surface area contributed by atoms with Gasteiger partial charge in [0.25, 0.3) is 0 Å². The van der Waals surface area contributed by atoms with E-state index in [0.29, 0.717) is 13.2 Å². The molecular weight excluding hydrogens is 128 g/mol. The van der Waals surface area contributed by atoms with Gasteiger partial charge in [0.15, 0.2) is 0 Å². The summed E-state index contributed by atoms with van der Waals surface area (Å²) in [5.74, 6) is 2.30. The van der Waals surface area contributed by atoms with Crippen molar-refractivity contribution in [3.63, 3.8) is 0 Å². The van der Waals surface area contributed by atoms with Gasteiger partial charge in [-0.2, -0.15) is 0 Å². The van der Waals surface area contributed by atoms with E-state index in [4.69, 9.17) is 6.42 Å². The smallest absolute Gasteiger partial charge is 0.107 e. The van der Waals surface area contributed by atoms with Crippen molar-refractivity contribution in [3.8, 4) is 12.3 Å². The molecule has 0 rings (SSSR count). The van der Waals surface area contributed by atoms with Gasteiger partial charge in [-0.15, -0.1) is 13.0 Å². The normalized spacial score (nSPS) is 6.90. The number of rotatable bonds is 3. The highest BCUT2D eigenvalue weighted by atomic mass is 16.5. The summed E-state index contributed by atoms with van der Waals surface area (Å²) >= 11 is 0. The zero-order valence-corrected chi connectivity index (χ0v) is 6.59. The van der Waals surface area contributed by atoms with Crippen LogP contribution in [0.5, 0.6) is 0 Å².